The molecule has 0 radical (unpaired) electrons. The molecule has 0 saturated carbocycles. The highest BCUT2D eigenvalue weighted by molar-refractivity contribution is 5.26. The summed E-state index contributed by atoms with van der Waals surface area (Å²) in [6.07, 6.45) is 2.26. The van der Waals surface area contributed by atoms with Crippen LogP contribution < -0.4 is 4.89 Å². The third kappa shape index (κ3) is 15.0. The average molecular weight is 242 g/mol. The van der Waals surface area contributed by atoms with Crippen molar-refractivity contribution < 1.29 is 10.1 Å². The molecule has 102 valence electrons. The molecule has 1 N–H and O–H groups in total. The highest BCUT2D eigenvalue weighted by atomic mass is 17.1. The first-order chi connectivity index (χ1) is 8.28. The van der Waals surface area contributed by atoms with Crippen molar-refractivity contribution in [1.29, 1.82) is 0 Å². The van der Waals surface area contributed by atoms with Crippen LogP contribution in [0, 0.1) is 0 Å². The molecule has 0 atom stereocenters. The number of aryl methyl sites for hydroxylation is 1. The quantitative estimate of drug-likeness (QED) is 0.542. The molecular weight excluding hydrogens is 212 g/mol. The Balaban J connectivity index is -0.000000239. The van der Waals surface area contributed by atoms with Gasteiger partial charge in [-0.25, -0.2) is 5.26 Å². The fourth-order valence-electron chi connectivity index (χ4n) is 0.786. The molecule has 0 unspecified atom stereocenters. The predicted octanol–water partition coefficient (Wildman–Crippen LogP) is 5.57. The minimum absolute atomic E-state index is 0.484. The van der Waals surface area contributed by atoms with Crippen LogP contribution in [-0.2, 0) is 6.42 Å². The van der Waals surface area contributed by atoms with Crippen LogP contribution in [0.5, 0.6) is 5.75 Å². The van der Waals surface area contributed by atoms with Crippen molar-refractivity contribution in [3.8, 4) is 5.75 Å². The third-order valence-electron chi connectivity index (χ3n) is 1.44. The summed E-state index contributed by atoms with van der Waals surface area (Å²) in [6.45, 7) is 14.3. The van der Waals surface area contributed by atoms with Gasteiger partial charge in [0.15, 0.2) is 5.75 Å². The Morgan fingerprint density at radius 1 is 0.882 bits per heavy atom. The highest BCUT2D eigenvalue weighted by Gasteiger charge is 1.90. The van der Waals surface area contributed by atoms with Crippen molar-refractivity contribution in [3.05, 3.63) is 29.8 Å². The van der Waals surface area contributed by atoms with Crippen LogP contribution in [0.1, 0.15) is 60.5 Å². The molecule has 1 aromatic rings. The third-order valence-corrected chi connectivity index (χ3v) is 1.44. The van der Waals surface area contributed by atoms with Crippen molar-refractivity contribution in [2.75, 3.05) is 0 Å². The van der Waals surface area contributed by atoms with Crippen molar-refractivity contribution >= 4 is 0 Å². The van der Waals surface area contributed by atoms with Crippen LogP contribution in [-0.4, -0.2) is 5.26 Å². The molecule has 0 fully saturated rings. The second-order valence-corrected chi connectivity index (χ2v) is 2.80. The maximum absolute atomic E-state index is 8.20. The normalized spacial score (nSPS) is 7.29. The lowest BCUT2D eigenvalue weighted by atomic mass is 10.2. The first-order valence-electron chi connectivity index (χ1n) is 6.68. The number of hydrogen-bond donors (Lipinski definition) is 1. The summed E-state index contributed by atoms with van der Waals surface area (Å²) < 4.78 is 0. The molecule has 17 heavy (non-hydrogen) atoms. The summed E-state index contributed by atoms with van der Waals surface area (Å²) >= 11 is 0. The summed E-state index contributed by atoms with van der Waals surface area (Å²) in [5, 5.41) is 8.20. The van der Waals surface area contributed by atoms with E-state index in [0.29, 0.717) is 5.75 Å². The molecule has 0 aliphatic carbocycles. The van der Waals surface area contributed by atoms with Crippen molar-refractivity contribution in [1.82, 2.24) is 0 Å². The van der Waals surface area contributed by atoms with E-state index >= 15 is 0 Å². The molecule has 0 aromatic heterocycles. The van der Waals surface area contributed by atoms with Gasteiger partial charge < -0.3 is 4.89 Å². The lowest BCUT2D eigenvalue weighted by Crippen LogP contribution is -1.84. The van der Waals surface area contributed by atoms with Gasteiger partial charge in [0, 0.05) is 0 Å². The van der Waals surface area contributed by atoms with Gasteiger partial charge in [-0.1, -0.05) is 67.0 Å². The lowest BCUT2D eigenvalue weighted by Gasteiger charge is -1.96. The Hall–Kier alpha value is -1.02. The molecular formula is C15H30O2. The van der Waals surface area contributed by atoms with E-state index in [2.05, 4.69) is 25.7 Å². The van der Waals surface area contributed by atoms with Crippen LogP contribution in [0.25, 0.3) is 0 Å². The van der Waals surface area contributed by atoms with Gasteiger partial charge in [-0.3, -0.25) is 0 Å². The van der Waals surface area contributed by atoms with Gasteiger partial charge in [0.05, 0.1) is 0 Å². The van der Waals surface area contributed by atoms with E-state index in [-0.39, 0.29) is 0 Å². The van der Waals surface area contributed by atoms with Crippen LogP contribution in [0.15, 0.2) is 24.3 Å². The highest BCUT2D eigenvalue weighted by Crippen LogP contribution is 2.10. The molecule has 2 nitrogen and oxygen atoms in total. The molecule has 1 rings (SSSR count). The first kappa shape index (κ1) is 21.3. The number of rotatable bonds is 2. The maximum atomic E-state index is 8.20. The fourth-order valence-corrected chi connectivity index (χ4v) is 0.786. The molecule has 0 spiro atoms. The minimum atomic E-state index is 0.484. The van der Waals surface area contributed by atoms with E-state index in [0.717, 1.165) is 6.42 Å². The standard InChI is InChI=1S/C8H10O2.C3H8.2C2H6/c1-2-7-3-5-8(10-9)6-4-7;1-3-2;2*1-2/h3-6,9H,2H2,1H3;3H2,1-2H3;2*1-2H3. The van der Waals surface area contributed by atoms with Gasteiger partial charge in [0.25, 0.3) is 0 Å². The minimum Gasteiger partial charge on any atom is -0.340 e. The zero-order valence-electron chi connectivity index (χ0n) is 12.6. The summed E-state index contributed by atoms with van der Waals surface area (Å²) in [5.74, 6) is 0.484. The van der Waals surface area contributed by atoms with E-state index in [1.807, 2.05) is 39.8 Å². The van der Waals surface area contributed by atoms with E-state index < -0.39 is 0 Å². The topological polar surface area (TPSA) is 29.5 Å². The van der Waals surface area contributed by atoms with E-state index in [1.54, 1.807) is 12.1 Å². The molecule has 0 heterocycles. The Bertz CT molecular complexity index is 182. The smallest absolute Gasteiger partial charge is 0.165 e. The molecule has 0 amide bonds. The van der Waals surface area contributed by atoms with Crippen LogP contribution >= 0.6 is 0 Å². The van der Waals surface area contributed by atoms with Crippen molar-refractivity contribution in [3.63, 3.8) is 0 Å². The maximum Gasteiger partial charge on any atom is 0.165 e. The van der Waals surface area contributed by atoms with Gasteiger partial charge in [0.2, 0.25) is 0 Å². The van der Waals surface area contributed by atoms with Crippen LogP contribution in [0.3, 0.4) is 0 Å². The lowest BCUT2D eigenvalue weighted by molar-refractivity contribution is -0.137. The Kier molecular flexibility index (Phi) is 25.5. The number of benzene rings is 1. The Morgan fingerprint density at radius 3 is 1.47 bits per heavy atom. The SMILES string of the molecule is CC.CC.CCC.CCc1ccc(OO)cc1. The summed E-state index contributed by atoms with van der Waals surface area (Å²) in [4.78, 5) is 4.01. The number of hydrogen-bond acceptors (Lipinski definition) is 2. The fraction of sp³-hybridized carbons (Fsp3) is 0.600. The molecule has 0 saturated heterocycles. The molecule has 0 aliphatic rings. The zero-order chi connectivity index (χ0) is 14.1. The van der Waals surface area contributed by atoms with Gasteiger partial charge in [-0.15, -0.1) is 0 Å². The Morgan fingerprint density at radius 2 is 1.24 bits per heavy atom. The van der Waals surface area contributed by atoms with E-state index in [1.165, 1.54) is 12.0 Å². The average Bonchev–Trinajstić information content (AvgIpc) is 2.44. The second-order valence-electron chi connectivity index (χ2n) is 2.80. The Labute approximate surface area is 108 Å². The van der Waals surface area contributed by atoms with Gasteiger partial charge >= 0.3 is 0 Å². The van der Waals surface area contributed by atoms with Crippen LogP contribution in [0.4, 0.5) is 0 Å². The van der Waals surface area contributed by atoms with E-state index in [9.17, 15) is 0 Å². The van der Waals surface area contributed by atoms with Gasteiger partial charge in [0.1, 0.15) is 0 Å². The van der Waals surface area contributed by atoms with Gasteiger partial charge in [-0.2, -0.15) is 0 Å². The predicted molar refractivity (Wildman–Crippen MR) is 77.7 cm³/mol. The largest absolute Gasteiger partial charge is 0.340 e. The first-order valence-corrected chi connectivity index (χ1v) is 6.68. The second kappa shape index (κ2) is 20.4. The molecule has 2 heteroatoms. The van der Waals surface area contributed by atoms with Crippen molar-refractivity contribution in [2.24, 2.45) is 0 Å². The summed E-state index contributed by atoms with van der Waals surface area (Å²) in [6, 6.07) is 7.31. The molecule has 0 bridgehead atoms. The molecule has 0 aliphatic heterocycles. The summed E-state index contributed by atoms with van der Waals surface area (Å²) in [7, 11) is 0. The summed E-state index contributed by atoms with van der Waals surface area (Å²) in [5.41, 5.74) is 1.24. The van der Waals surface area contributed by atoms with Gasteiger partial charge in [-0.05, 0) is 24.1 Å². The monoisotopic (exact) mass is 242 g/mol. The van der Waals surface area contributed by atoms with Crippen LogP contribution in [0.2, 0.25) is 0 Å². The van der Waals surface area contributed by atoms with Crippen molar-refractivity contribution in [2.45, 2.75) is 61.3 Å². The van der Waals surface area contributed by atoms with E-state index in [4.69, 9.17) is 5.26 Å². The zero-order valence-corrected chi connectivity index (χ0v) is 12.6. The molecule has 1 aromatic carbocycles.